The largest absolute Gasteiger partial charge is 0.493 e. The second-order valence-electron chi connectivity index (χ2n) is 5.35. The summed E-state index contributed by atoms with van der Waals surface area (Å²) in [6, 6.07) is 18.2. The molecule has 0 bridgehead atoms. The van der Waals surface area contributed by atoms with Crippen molar-refractivity contribution in [2.45, 2.75) is 6.92 Å². The maximum atomic E-state index is 5.90. The summed E-state index contributed by atoms with van der Waals surface area (Å²) in [5.74, 6) is 0.705. The van der Waals surface area contributed by atoms with Crippen LogP contribution >= 0.6 is 0 Å². The molecule has 0 aliphatic carbocycles. The number of para-hydroxylation sites is 1. The fraction of sp³-hybridized carbons (Fsp3) is 0.105. The molecular weight excluding hydrogens is 274 g/mol. The summed E-state index contributed by atoms with van der Waals surface area (Å²) in [5, 5.41) is 1.00. The fourth-order valence-electron chi connectivity index (χ4n) is 2.68. The van der Waals surface area contributed by atoms with Crippen LogP contribution in [0.15, 0.2) is 59.0 Å². The summed E-state index contributed by atoms with van der Waals surface area (Å²) in [6.45, 7) is 2.07. The minimum absolute atomic E-state index is 0.694. The maximum Gasteiger partial charge on any atom is 0.195 e. The fourth-order valence-corrected chi connectivity index (χ4v) is 2.68. The first-order chi connectivity index (χ1) is 10.8. The predicted octanol–water partition coefficient (Wildman–Crippen LogP) is 4.97. The van der Waals surface area contributed by atoms with Crippen LogP contribution < -0.4 is 4.74 Å². The van der Waals surface area contributed by atoms with Gasteiger partial charge in [0, 0.05) is 17.0 Å². The van der Waals surface area contributed by atoms with Gasteiger partial charge >= 0.3 is 0 Å². The van der Waals surface area contributed by atoms with E-state index < -0.39 is 0 Å². The number of furan rings is 1. The highest BCUT2D eigenvalue weighted by Crippen LogP contribution is 2.36. The lowest BCUT2D eigenvalue weighted by molar-refractivity contribution is 0.412. The van der Waals surface area contributed by atoms with Gasteiger partial charge in [0.15, 0.2) is 11.3 Å². The number of aryl methyl sites for hydroxylation is 1. The number of methoxy groups -OCH3 is 1. The third-order valence-electron chi connectivity index (χ3n) is 3.86. The van der Waals surface area contributed by atoms with Crippen LogP contribution in [0.2, 0.25) is 0 Å². The van der Waals surface area contributed by atoms with Crippen molar-refractivity contribution >= 4 is 22.1 Å². The Labute approximate surface area is 128 Å². The van der Waals surface area contributed by atoms with E-state index in [1.807, 2.05) is 30.3 Å². The van der Waals surface area contributed by atoms with Gasteiger partial charge in [0.05, 0.1) is 12.8 Å². The van der Waals surface area contributed by atoms with E-state index in [-0.39, 0.29) is 0 Å². The van der Waals surface area contributed by atoms with Crippen molar-refractivity contribution in [3.05, 3.63) is 60.2 Å². The SMILES string of the molecule is COc1cc(-c2ccc(C)cc2)nc2c1oc1ccccc12. The summed E-state index contributed by atoms with van der Waals surface area (Å²) < 4.78 is 11.4. The van der Waals surface area contributed by atoms with Crippen LogP contribution in [0.1, 0.15) is 5.56 Å². The van der Waals surface area contributed by atoms with Crippen LogP contribution in [-0.4, -0.2) is 12.1 Å². The number of rotatable bonds is 2. The van der Waals surface area contributed by atoms with E-state index >= 15 is 0 Å². The number of pyridine rings is 1. The van der Waals surface area contributed by atoms with Gasteiger partial charge in [-0.15, -0.1) is 0 Å². The molecule has 3 heteroatoms. The molecule has 2 heterocycles. The molecule has 0 spiro atoms. The molecule has 0 amide bonds. The lowest BCUT2D eigenvalue weighted by Crippen LogP contribution is -1.89. The van der Waals surface area contributed by atoms with Gasteiger partial charge in [-0.3, -0.25) is 0 Å². The van der Waals surface area contributed by atoms with Crippen molar-refractivity contribution in [1.29, 1.82) is 0 Å². The van der Waals surface area contributed by atoms with Gasteiger partial charge in [0.1, 0.15) is 11.1 Å². The van der Waals surface area contributed by atoms with E-state index in [0.29, 0.717) is 11.3 Å². The Bertz CT molecular complexity index is 968. The lowest BCUT2D eigenvalue weighted by Gasteiger charge is -2.05. The molecule has 108 valence electrons. The van der Waals surface area contributed by atoms with Crippen LogP contribution in [0.3, 0.4) is 0 Å². The van der Waals surface area contributed by atoms with Crippen molar-refractivity contribution < 1.29 is 9.15 Å². The van der Waals surface area contributed by atoms with Crippen LogP contribution in [-0.2, 0) is 0 Å². The summed E-state index contributed by atoms with van der Waals surface area (Å²) in [6.07, 6.45) is 0. The lowest BCUT2D eigenvalue weighted by atomic mass is 10.1. The summed E-state index contributed by atoms with van der Waals surface area (Å²) in [5.41, 5.74) is 5.53. The second-order valence-corrected chi connectivity index (χ2v) is 5.35. The molecule has 0 unspecified atom stereocenters. The molecule has 0 radical (unpaired) electrons. The summed E-state index contributed by atoms with van der Waals surface area (Å²) in [7, 11) is 1.65. The number of nitrogens with zero attached hydrogens (tertiary/aromatic N) is 1. The first-order valence-electron chi connectivity index (χ1n) is 7.19. The summed E-state index contributed by atoms with van der Waals surface area (Å²) >= 11 is 0. The third kappa shape index (κ3) is 1.94. The highest BCUT2D eigenvalue weighted by molar-refractivity contribution is 6.05. The minimum Gasteiger partial charge on any atom is -0.493 e. The molecule has 2 aromatic carbocycles. The zero-order chi connectivity index (χ0) is 15.1. The Morgan fingerprint density at radius 2 is 1.77 bits per heavy atom. The molecule has 22 heavy (non-hydrogen) atoms. The zero-order valence-corrected chi connectivity index (χ0v) is 12.5. The number of fused-ring (bicyclic) bond motifs is 3. The topological polar surface area (TPSA) is 35.3 Å². The van der Waals surface area contributed by atoms with Gasteiger partial charge in [-0.1, -0.05) is 42.0 Å². The monoisotopic (exact) mass is 289 g/mol. The Morgan fingerprint density at radius 3 is 2.55 bits per heavy atom. The molecule has 4 aromatic rings. The first kappa shape index (κ1) is 12.9. The van der Waals surface area contributed by atoms with E-state index in [2.05, 4.69) is 31.2 Å². The third-order valence-corrected chi connectivity index (χ3v) is 3.86. The van der Waals surface area contributed by atoms with Crippen LogP contribution in [0.4, 0.5) is 0 Å². The molecule has 0 saturated heterocycles. The van der Waals surface area contributed by atoms with Gasteiger partial charge in [-0.2, -0.15) is 0 Å². The van der Waals surface area contributed by atoms with Crippen molar-refractivity contribution in [1.82, 2.24) is 4.98 Å². The quantitative estimate of drug-likeness (QED) is 0.523. The highest BCUT2D eigenvalue weighted by Gasteiger charge is 2.15. The van der Waals surface area contributed by atoms with Crippen molar-refractivity contribution in [2.75, 3.05) is 7.11 Å². The Kier molecular flexibility index (Phi) is 2.86. The van der Waals surface area contributed by atoms with Gasteiger partial charge < -0.3 is 9.15 Å². The molecule has 0 saturated carbocycles. The van der Waals surface area contributed by atoms with E-state index in [4.69, 9.17) is 14.1 Å². The number of aromatic nitrogens is 1. The molecule has 4 rings (SSSR count). The van der Waals surface area contributed by atoms with Crippen LogP contribution in [0.25, 0.3) is 33.3 Å². The van der Waals surface area contributed by atoms with E-state index in [1.54, 1.807) is 7.11 Å². The van der Waals surface area contributed by atoms with Crippen molar-refractivity contribution in [3.8, 4) is 17.0 Å². The molecule has 0 aliphatic heterocycles. The smallest absolute Gasteiger partial charge is 0.195 e. The molecule has 0 N–H and O–H groups in total. The number of benzene rings is 2. The molecule has 2 aromatic heterocycles. The zero-order valence-electron chi connectivity index (χ0n) is 12.5. The normalized spacial score (nSPS) is 11.2. The van der Waals surface area contributed by atoms with Crippen molar-refractivity contribution in [2.24, 2.45) is 0 Å². The Morgan fingerprint density at radius 1 is 1.00 bits per heavy atom. The van der Waals surface area contributed by atoms with Gasteiger partial charge in [0.25, 0.3) is 0 Å². The second kappa shape index (κ2) is 4.88. The predicted molar refractivity (Wildman–Crippen MR) is 88.2 cm³/mol. The first-order valence-corrected chi connectivity index (χ1v) is 7.19. The van der Waals surface area contributed by atoms with E-state index in [9.17, 15) is 0 Å². The van der Waals surface area contributed by atoms with E-state index in [0.717, 1.165) is 27.7 Å². The Hall–Kier alpha value is -2.81. The standard InChI is InChI=1S/C19H15NO2/c1-12-7-9-13(10-8-12)15-11-17(21-2)19-18(20-15)14-5-3-4-6-16(14)22-19/h3-11H,1-2H3. The average molecular weight is 289 g/mol. The molecule has 3 nitrogen and oxygen atoms in total. The maximum absolute atomic E-state index is 5.90. The minimum atomic E-state index is 0.694. The average Bonchev–Trinajstić information content (AvgIpc) is 2.93. The van der Waals surface area contributed by atoms with Crippen LogP contribution in [0, 0.1) is 6.92 Å². The highest BCUT2D eigenvalue weighted by atomic mass is 16.5. The molecule has 0 atom stereocenters. The van der Waals surface area contributed by atoms with Crippen LogP contribution in [0.5, 0.6) is 5.75 Å². The molecule has 0 fully saturated rings. The summed E-state index contributed by atoms with van der Waals surface area (Å²) in [4.78, 5) is 4.80. The van der Waals surface area contributed by atoms with Crippen molar-refractivity contribution in [3.63, 3.8) is 0 Å². The number of hydrogen-bond donors (Lipinski definition) is 0. The van der Waals surface area contributed by atoms with Gasteiger partial charge in [0.2, 0.25) is 0 Å². The molecule has 0 aliphatic rings. The number of ether oxygens (including phenoxy) is 1. The van der Waals surface area contributed by atoms with E-state index in [1.165, 1.54) is 5.56 Å². The van der Waals surface area contributed by atoms with Gasteiger partial charge in [-0.05, 0) is 19.1 Å². The Balaban J connectivity index is 2.04. The number of hydrogen-bond acceptors (Lipinski definition) is 3. The van der Waals surface area contributed by atoms with Gasteiger partial charge in [-0.25, -0.2) is 4.98 Å². The molecular formula is C19H15NO2.